The van der Waals surface area contributed by atoms with Crippen LogP contribution in [0, 0.1) is 0 Å². The number of benzene rings is 2. The largest absolute Gasteiger partial charge is 0.870 e. The second kappa shape index (κ2) is 13.9. The smallest absolute Gasteiger partial charge is 0.303 e. The van der Waals surface area contributed by atoms with Crippen molar-refractivity contribution in [2.75, 3.05) is 18.0 Å². The minimum Gasteiger partial charge on any atom is -0.870 e. The number of carboxylic acids is 1. The Bertz CT molecular complexity index is 1900. The number of carbonyl (C=O) groups is 1. The van der Waals surface area contributed by atoms with Crippen LogP contribution in [0.3, 0.4) is 0 Å². The molecule has 2 aromatic rings. The van der Waals surface area contributed by atoms with Crippen LogP contribution in [0.2, 0.25) is 0 Å². The molecule has 0 fully saturated rings. The number of aliphatic carboxylic acids is 1. The van der Waals surface area contributed by atoms with Gasteiger partial charge in [-0.25, -0.2) is 0 Å². The predicted octanol–water partition coefficient (Wildman–Crippen LogP) is 6.23. The molecule has 2 aliphatic heterocycles. The van der Waals surface area contributed by atoms with Gasteiger partial charge in [0.25, 0.3) is 20.2 Å². The Morgan fingerprint density at radius 2 is 1.49 bits per heavy atom. The normalized spacial score (nSPS) is 18.1. The van der Waals surface area contributed by atoms with E-state index in [4.69, 9.17) is 5.11 Å². The molecule has 11 nitrogen and oxygen atoms in total. The van der Waals surface area contributed by atoms with Crippen LogP contribution in [-0.4, -0.2) is 65.9 Å². The topological polar surface area (TPSA) is 182 Å². The van der Waals surface area contributed by atoms with Gasteiger partial charge in [0.2, 0.25) is 5.69 Å². The first-order valence-electron chi connectivity index (χ1n) is 15.3. The van der Waals surface area contributed by atoms with E-state index in [1.807, 2.05) is 65.8 Å². The molecule has 47 heavy (non-hydrogen) atoms. The van der Waals surface area contributed by atoms with Crippen molar-refractivity contribution in [1.29, 1.82) is 0 Å². The van der Waals surface area contributed by atoms with Gasteiger partial charge < -0.3 is 15.5 Å². The highest BCUT2D eigenvalue weighted by atomic mass is 32.2. The zero-order valence-corrected chi connectivity index (χ0v) is 29.2. The minimum atomic E-state index is -4.39. The molecule has 0 saturated heterocycles. The molecule has 0 aromatic heterocycles. The monoisotopic (exact) mass is 688 g/mol. The van der Waals surface area contributed by atoms with Crippen LogP contribution >= 0.6 is 0 Å². The summed E-state index contributed by atoms with van der Waals surface area (Å²) < 4.78 is 69.0. The van der Waals surface area contributed by atoms with Crippen molar-refractivity contribution in [3.05, 3.63) is 83.1 Å². The van der Waals surface area contributed by atoms with Gasteiger partial charge in [-0.15, -0.1) is 0 Å². The SMILES string of the molecule is CCN1\C(=C/C=C(C)/C=C/C2=[N+](CCCCCC(=O)O)c3ccc(S(=O)(=O)O)cc3C2(C)C)C(C)(C)c2cc(S(=O)(=O)O)ccc21.[OH-]. The van der Waals surface area contributed by atoms with E-state index in [0.717, 1.165) is 52.3 Å². The van der Waals surface area contributed by atoms with Crippen LogP contribution < -0.4 is 4.90 Å². The lowest BCUT2D eigenvalue weighted by molar-refractivity contribution is -0.438. The van der Waals surface area contributed by atoms with Crippen molar-refractivity contribution in [3.63, 3.8) is 0 Å². The molecule has 4 N–H and O–H groups in total. The van der Waals surface area contributed by atoms with Gasteiger partial charge in [0.15, 0.2) is 5.71 Å². The standard InChI is InChI=1S/C34H42N2O8S2.H2O/c1-7-35-28-16-14-24(45(39,40)41)21-26(28)33(3,4)30(35)18-12-23(2)13-19-31-34(5,6)27-22-25(46(42,43)44)15-17-29(27)36(31)20-10-8-9-11-32(37)38;/h12-19,21-22H,7-11,20H2,1-6H3,(H2-,37,38,39,40,41,42,43,44);1H2. The van der Waals surface area contributed by atoms with Crippen molar-refractivity contribution >= 4 is 43.3 Å². The van der Waals surface area contributed by atoms with Crippen molar-refractivity contribution in [2.24, 2.45) is 0 Å². The number of hydrogen-bond acceptors (Lipinski definition) is 7. The number of likely N-dealkylation sites (N-methyl/N-ethyl adjacent to an activating group) is 1. The highest BCUT2D eigenvalue weighted by molar-refractivity contribution is 7.86. The maximum atomic E-state index is 11.9. The van der Waals surface area contributed by atoms with Gasteiger partial charge >= 0.3 is 5.97 Å². The van der Waals surface area contributed by atoms with E-state index in [1.54, 1.807) is 12.1 Å². The summed E-state index contributed by atoms with van der Waals surface area (Å²) in [6, 6.07) is 9.28. The molecule has 0 aliphatic carbocycles. The number of fused-ring (bicyclic) bond motifs is 2. The minimum absolute atomic E-state index is 0. The Kier molecular flexibility index (Phi) is 11.2. The van der Waals surface area contributed by atoms with E-state index in [-0.39, 0.29) is 21.7 Å². The second-order valence-corrected chi connectivity index (χ2v) is 15.7. The Morgan fingerprint density at radius 3 is 2.06 bits per heavy atom. The van der Waals surface area contributed by atoms with Gasteiger partial charge in [-0.2, -0.15) is 21.4 Å². The highest BCUT2D eigenvalue weighted by Crippen LogP contribution is 2.48. The summed E-state index contributed by atoms with van der Waals surface area (Å²) in [6.45, 7) is 13.3. The molecule has 0 amide bonds. The molecular formula is C34H44N2O9S2. The first-order chi connectivity index (χ1) is 21.3. The van der Waals surface area contributed by atoms with Gasteiger partial charge in [-0.05, 0) is 82.5 Å². The number of carboxylic acid groups (broad SMARTS) is 1. The third kappa shape index (κ3) is 7.76. The Balaban J connectivity index is 0.00000600. The maximum Gasteiger partial charge on any atom is 0.303 e. The molecule has 2 aromatic carbocycles. The summed E-state index contributed by atoms with van der Waals surface area (Å²) in [4.78, 5) is 12.8. The van der Waals surface area contributed by atoms with Gasteiger partial charge in [0, 0.05) is 53.9 Å². The van der Waals surface area contributed by atoms with Crippen LogP contribution in [0.5, 0.6) is 0 Å². The quantitative estimate of drug-likeness (QED) is 0.100. The lowest BCUT2D eigenvalue weighted by Gasteiger charge is -2.25. The van der Waals surface area contributed by atoms with Crippen LogP contribution in [0.4, 0.5) is 11.4 Å². The molecule has 0 spiro atoms. The Hall–Kier alpha value is -3.62. The van der Waals surface area contributed by atoms with E-state index in [0.29, 0.717) is 19.5 Å². The van der Waals surface area contributed by atoms with Crippen LogP contribution in [0.1, 0.15) is 78.4 Å². The molecule has 0 saturated carbocycles. The summed E-state index contributed by atoms with van der Waals surface area (Å²) in [7, 11) is -8.74. The molecule has 0 bridgehead atoms. The van der Waals surface area contributed by atoms with Crippen LogP contribution in [-0.2, 0) is 35.9 Å². The molecule has 4 rings (SSSR count). The summed E-state index contributed by atoms with van der Waals surface area (Å²) in [5.74, 6) is -0.826. The van der Waals surface area contributed by atoms with Gasteiger partial charge in [0.05, 0.1) is 15.2 Å². The zero-order valence-electron chi connectivity index (χ0n) is 27.6. The number of hydrogen-bond donors (Lipinski definition) is 3. The fourth-order valence-electron chi connectivity index (χ4n) is 6.41. The summed E-state index contributed by atoms with van der Waals surface area (Å²) >= 11 is 0. The fraction of sp³-hybridized carbons (Fsp3) is 0.412. The molecular weight excluding hydrogens is 645 g/mol. The molecule has 13 heteroatoms. The summed E-state index contributed by atoms with van der Waals surface area (Å²) in [6.07, 6.45) is 10.2. The lowest BCUT2D eigenvalue weighted by atomic mass is 9.81. The Labute approximate surface area is 277 Å². The third-order valence-corrected chi connectivity index (χ3v) is 10.6. The number of unbranched alkanes of at least 4 members (excludes halogenated alkanes) is 2. The maximum absolute atomic E-state index is 11.9. The van der Waals surface area contributed by atoms with E-state index < -0.39 is 37.0 Å². The van der Waals surface area contributed by atoms with Crippen LogP contribution in [0.25, 0.3) is 0 Å². The lowest BCUT2D eigenvalue weighted by Crippen LogP contribution is -2.28. The van der Waals surface area contributed by atoms with Gasteiger partial charge in [-0.1, -0.05) is 31.6 Å². The van der Waals surface area contributed by atoms with Crippen molar-refractivity contribution in [3.8, 4) is 0 Å². The van der Waals surface area contributed by atoms with Gasteiger partial charge in [-0.3, -0.25) is 13.9 Å². The summed E-state index contributed by atoms with van der Waals surface area (Å²) in [5, 5.41) is 9.00. The first kappa shape index (κ1) is 37.8. The molecule has 0 unspecified atom stereocenters. The van der Waals surface area contributed by atoms with Crippen molar-refractivity contribution in [1.82, 2.24) is 0 Å². The van der Waals surface area contributed by atoms with Gasteiger partial charge in [0.1, 0.15) is 6.54 Å². The predicted molar refractivity (Wildman–Crippen MR) is 180 cm³/mol. The van der Waals surface area contributed by atoms with E-state index in [9.17, 15) is 30.7 Å². The second-order valence-electron chi connectivity index (χ2n) is 12.8. The van der Waals surface area contributed by atoms with E-state index >= 15 is 0 Å². The zero-order chi connectivity index (χ0) is 34.2. The molecule has 256 valence electrons. The highest BCUT2D eigenvalue weighted by Gasteiger charge is 2.45. The molecule has 0 radical (unpaired) electrons. The van der Waals surface area contributed by atoms with E-state index in [2.05, 4.69) is 9.48 Å². The number of anilines is 1. The van der Waals surface area contributed by atoms with E-state index in [1.165, 1.54) is 24.3 Å². The fourth-order valence-corrected chi connectivity index (χ4v) is 7.42. The van der Waals surface area contributed by atoms with Crippen molar-refractivity contribution in [2.45, 2.75) is 87.8 Å². The first-order valence-corrected chi connectivity index (χ1v) is 18.1. The molecule has 2 aliphatic rings. The third-order valence-electron chi connectivity index (χ3n) is 8.92. The number of allylic oxidation sites excluding steroid dienone is 6. The average molecular weight is 689 g/mol. The molecule has 2 heterocycles. The number of nitrogens with zero attached hydrogens (tertiary/aromatic N) is 2. The van der Waals surface area contributed by atoms with Crippen molar-refractivity contribution < 1.29 is 45.9 Å². The molecule has 0 atom stereocenters. The number of rotatable bonds is 12. The van der Waals surface area contributed by atoms with Crippen LogP contribution in [0.15, 0.2) is 81.8 Å². The average Bonchev–Trinajstić information content (AvgIpc) is 3.30. The Morgan fingerprint density at radius 1 is 0.894 bits per heavy atom. The summed E-state index contributed by atoms with van der Waals surface area (Å²) in [5.41, 5.74) is 5.04.